The van der Waals surface area contributed by atoms with E-state index in [1.54, 1.807) is 0 Å². The molecule has 12 rings (SSSR count). The number of hydrogen-bond donors (Lipinski definition) is 0. The molecule has 0 spiro atoms. The molecule has 0 bridgehead atoms. The lowest BCUT2D eigenvalue weighted by Gasteiger charge is -2.15. The highest BCUT2D eigenvalue weighted by Crippen LogP contribution is 2.50. The van der Waals surface area contributed by atoms with Crippen LogP contribution in [0.2, 0.25) is 0 Å². The molecule has 0 aliphatic heterocycles. The minimum absolute atomic E-state index is 0.900. The molecule has 2 heterocycles. The quantitative estimate of drug-likeness (QED) is 0.169. The Hall–Kier alpha value is -6.90. The normalized spacial score (nSPS) is 12.2. The molecular weight excluding hydrogens is 631 g/mol. The summed E-state index contributed by atoms with van der Waals surface area (Å²) < 4.78 is 9.48. The van der Waals surface area contributed by atoms with E-state index in [1.165, 1.54) is 81.1 Å². The molecule has 2 nitrogen and oxygen atoms in total. The van der Waals surface area contributed by atoms with Crippen LogP contribution in [0.3, 0.4) is 0 Å². The summed E-state index contributed by atoms with van der Waals surface area (Å²) in [5.74, 6) is 0. The van der Waals surface area contributed by atoms with E-state index in [0.29, 0.717) is 0 Å². The first-order valence-corrected chi connectivity index (χ1v) is 17.9. The van der Waals surface area contributed by atoms with Crippen LogP contribution in [0.4, 0.5) is 0 Å². The lowest BCUT2D eigenvalue weighted by molar-refractivity contribution is 0.671. The maximum Gasteiger partial charge on any atom is 0.160 e. The highest BCUT2D eigenvalue weighted by molar-refractivity contribution is 6.44. The third kappa shape index (κ3) is 3.63. The van der Waals surface area contributed by atoms with E-state index in [9.17, 15) is 0 Å². The number of nitrogens with zero attached hydrogens (tertiary/aromatic N) is 1. The molecule has 10 aromatic carbocycles. The molecule has 0 amide bonds. The summed E-state index contributed by atoms with van der Waals surface area (Å²) >= 11 is 0. The van der Waals surface area contributed by atoms with E-state index >= 15 is 0 Å². The maximum atomic E-state index is 7.03. The molecule has 0 unspecified atom stereocenters. The maximum absolute atomic E-state index is 7.03. The third-order valence-corrected chi connectivity index (χ3v) is 11.3. The van der Waals surface area contributed by atoms with E-state index in [1.807, 2.05) is 0 Å². The first-order chi connectivity index (χ1) is 25.8. The number of aromatic nitrogens is 1. The molecule has 2 aromatic heterocycles. The fraction of sp³-hybridized carbons (Fsp3) is 0. The van der Waals surface area contributed by atoms with E-state index in [0.717, 1.165) is 33.3 Å². The van der Waals surface area contributed by atoms with Gasteiger partial charge in [0.15, 0.2) is 5.58 Å². The van der Waals surface area contributed by atoms with Gasteiger partial charge in [0.1, 0.15) is 5.58 Å². The number of hydrogen-bond acceptors (Lipinski definition) is 1. The summed E-state index contributed by atoms with van der Waals surface area (Å²) in [6.45, 7) is 0. The summed E-state index contributed by atoms with van der Waals surface area (Å²) in [6, 6.07) is 64.1. The number of furan rings is 1. The van der Waals surface area contributed by atoms with Crippen molar-refractivity contribution in [3.8, 4) is 16.8 Å². The second-order valence-corrected chi connectivity index (χ2v) is 14.0. The highest BCUT2D eigenvalue weighted by atomic mass is 16.3. The van der Waals surface area contributed by atoms with Crippen molar-refractivity contribution in [1.82, 2.24) is 4.57 Å². The van der Waals surface area contributed by atoms with E-state index < -0.39 is 0 Å². The second-order valence-electron chi connectivity index (χ2n) is 14.0. The van der Waals surface area contributed by atoms with Gasteiger partial charge in [0, 0.05) is 38.0 Å². The Morgan fingerprint density at radius 2 is 0.923 bits per heavy atom. The van der Waals surface area contributed by atoms with Crippen molar-refractivity contribution in [2.45, 2.75) is 0 Å². The molecule has 2 heteroatoms. The molecule has 0 N–H and O–H groups in total. The Bertz CT molecular complexity index is 3470. The fourth-order valence-corrected chi connectivity index (χ4v) is 9.20. The topological polar surface area (TPSA) is 18.1 Å². The van der Waals surface area contributed by atoms with Crippen LogP contribution < -0.4 is 0 Å². The van der Waals surface area contributed by atoms with Crippen LogP contribution in [0.25, 0.3) is 114 Å². The molecule has 0 saturated heterocycles. The molecule has 12 aromatic rings. The molecule has 52 heavy (non-hydrogen) atoms. The van der Waals surface area contributed by atoms with Crippen molar-refractivity contribution in [1.29, 1.82) is 0 Å². The Kier molecular flexibility index (Phi) is 5.53. The molecular formula is C50H29NO. The van der Waals surface area contributed by atoms with Crippen molar-refractivity contribution < 1.29 is 4.42 Å². The number of fused-ring (bicyclic) bond motifs is 18. The molecule has 0 saturated carbocycles. The van der Waals surface area contributed by atoms with Crippen molar-refractivity contribution in [2.75, 3.05) is 0 Å². The second kappa shape index (κ2) is 10.3. The van der Waals surface area contributed by atoms with E-state index in [2.05, 4.69) is 180 Å². The zero-order valence-corrected chi connectivity index (χ0v) is 28.1. The zero-order valence-electron chi connectivity index (χ0n) is 28.1. The standard InChI is InChI=1S/C50H29NO/c1-2-17-33-31(14-1)29-42(37-21-4-3-18-34(33)37)30-15-13-16-32(28-30)51-43-26-11-9-24-40(43)47-45-38-22-7-5-19-35(38)36-20-6-8-23-39(36)46(45)48-41-25-10-12-27-44(41)52-50(48)49(47)51/h1-29H. The predicted molar refractivity (Wildman–Crippen MR) is 221 cm³/mol. The van der Waals surface area contributed by atoms with Crippen LogP contribution in [0.5, 0.6) is 0 Å². The molecule has 0 aliphatic rings. The highest BCUT2D eigenvalue weighted by Gasteiger charge is 2.26. The molecule has 0 aliphatic carbocycles. The van der Waals surface area contributed by atoms with Gasteiger partial charge in [0.05, 0.1) is 11.0 Å². The van der Waals surface area contributed by atoms with E-state index in [4.69, 9.17) is 4.42 Å². The van der Waals surface area contributed by atoms with Crippen molar-refractivity contribution in [3.63, 3.8) is 0 Å². The fourth-order valence-electron chi connectivity index (χ4n) is 9.20. The average Bonchev–Trinajstić information content (AvgIpc) is 3.77. The smallest absolute Gasteiger partial charge is 0.160 e. The Balaban J connectivity index is 1.29. The summed E-state index contributed by atoms with van der Waals surface area (Å²) in [5.41, 5.74) is 7.59. The largest absolute Gasteiger partial charge is 0.454 e. The summed E-state index contributed by atoms with van der Waals surface area (Å²) in [7, 11) is 0. The predicted octanol–water partition coefficient (Wildman–Crippen LogP) is 14.1. The molecule has 0 fully saturated rings. The van der Waals surface area contributed by atoms with Gasteiger partial charge in [-0.1, -0.05) is 146 Å². The van der Waals surface area contributed by atoms with Gasteiger partial charge in [-0.2, -0.15) is 0 Å². The van der Waals surface area contributed by atoms with Crippen molar-refractivity contribution in [2.24, 2.45) is 0 Å². The summed E-state index contributed by atoms with van der Waals surface area (Å²) in [4.78, 5) is 0. The van der Waals surface area contributed by atoms with Crippen LogP contribution in [0.1, 0.15) is 0 Å². The number of rotatable bonds is 2. The van der Waals surface area contributed by atoms with Crippen LogP contribution in [0, 0.1) is 0 Å². The van der Waals surface area contributed by atoms with Gasteiger partial charge in [-0.3, -0.25) is 0 Å². The average molecular weight is 660 g/mol. The summed E-state index contributed by atoms with van der Waals surface area (Å²) in [6.07, 6.45) is 0. The minimum atomic E-state index is 0.900. The van der Waals surface area contributed by atoms with Crippen LogP contribution >= 0.6 is 0 Å². The van der Waals surface area contributed by atoms with Gasteiger partial charge in [-0.25, -0.2) is 0 Å². The third-order valence-electron chi connectivity index (χ3n) is 11.3. The molecule has 240 valence electrons. The summed E-state index contributed by atoms with van der Waals surface area (Å²) in [5, 5.41) is 17.3. The SMILES string of the molecule is c1cc(-c2cc3ccccc3c3ccccc23)cc(-n2c3ccccc3c3c4c5ccccc5c5ccccc5c4c4c5ccccc5oc4c32)c1. The zero-order chi connectivity index (χ0) is 33.9. The van der Waals surface area contributed by atoms with Gasteiger partial charge in [0.25, 0.3) is 0 Å². The van der Waals surface area contributed by atoms with Gasteiger partial charge < -0.3 is 8.98 Å². The molecule has 0 radical (unpaired) electrons. The number of para-hydroxylation sites is 2. The van der Waals surface area contributed by atoms with Crippen molar-refractivity contribution >= 4 is 97.6 Å². The van der Waals surface area contributed by atoms with Gasteiger partial charge in [-0.05, 0) is 84.5 Å². The van der Waals surface area contributed by atoms with Crippen molar-refractivity contribution in [3.05, 3.63) is 176 Å². The van der Waals surface area contributed by atoms with Gasteiger partial charge >= 0.3 is 0 Å². The Morgan fingerprint density at radius 1 is 0.365 bits per heavy atom. The number of benzene rings is 10. The first kappa shape index (κ1) is 27.9. The lowest BCUT2D eigenvalue weighted by atomic mass is 9.89. The van der Waals surface area contributed by atoms with Crippen LogP contribution in [0.15, 0.2) is 180 Å². The Labute approximate surface area is 298 Å². The van der Waals surface area contributed by atoms with E-state index in [-0.39, 0.29) is 0 Å². The monoisotopic (exact) mass is 659 g/mol. The van der Waals surface area contributed by atoms with Gasteiger partial charge in [-0.15, -0.1) is 0 Å². The van der Waals surface area contributed by atoms with Gasteiger partial charge in [0.2, 0.25) is 0 Å². The first-order valence-electron chi connectivity index (χ1n) is 17.9. The minimum Gasteiger partial charge on any atom is -0.454 e. The van der Waals surface area contributed by atoms with Crippen LogP contribution in [-0.4, -0.2) is 4.57 Å². The lowest BCUT2D eigenvalue weighted by Crippen LogP contribution is -1.95. The van der Waals surface area contributed by atoms with Crippen LogP contribution in [-0.2, 0) is 0 Å². The molecule has 0 atom stereocenters. The Morgan fingerprint density at radius 3 is 1.67 bits per heavy atom.